The van der Waals surface area contributed by atoms with E-state index in [1.54, 1.807) is 0 Å². The van der Waals surface area contributed by atoms with Gasteiger partial charge in [-0.05, 0) is 29.3 Å². The number of para-hydroxylation sites is 1. The molecule has 0 atom stereocenters. The van der Waals surface area contributed by atoms with Crippen molar-refractivity contribution in [3.63, 3.8) is 0 Å². The lowest BCUT2D eigenvalue weighted by atomic mass is 9.96. The first-order valence-electron chi connectivity index (χ1n) is 6.43. The van der Waals surface area contributed by atoms with E-state index in [4.69, 9.17) is 4.74 Å². The van der Waals surface area contributed by atoms with E-state index in [0.717, 1.165) is 22.6 Å². The Morgan fingerprint density at radius 1 is 1.21 bits per heavy atom. The van der Waals surface area contributed by atoms with Crippen molar-refractivity contribution in [2.24, 2.45) is 0 Å². The number of carbonyl (C=O) groups is 1. The monoisotopic (exact) mass is 253 g/mol. The van der Waals surface area contributed by atoms with E-state index < -0.39 is 0 Å². The number of ether oxygens (including phenoxy) is 1. The Morgan fingerprint density at radius 3 is 2.89 bits per heavy atom. The van der Waals surface area contributed by atoms with Gasteiger partial charge in [-0.25, -0.2) is 0 Å². The molecule has 3 rings (SSSR count). The van der Waals surface area contributed by atoms with Gasteiger partial charge in [0.15, 0.2) is 0 Å². The van der Waals surface area contributed by atoms with Crippen LogP contribution in [0, 0.1) is 0 Å². The molecule has 2 aromatic rings. The lowest BCUT2D eigenvalue weighted by Gasteiger charge is -2.21. The second kappa shape index (κ2) is 4.76. The van der Waals surface area contributed by atoms with E-state index >= 15 is 0 Å². The van der Waals surface area contributed by atoms with Gasteiger partial charge < -0.3 is 10.1 Å². The number of hydrogen-bond donors (Lipinski definition) is 1. The van der Waals surface area contributed by atoms with Crippen molar-refractivity contribution in [3.8, 4) is 16.9 Å². The fourth-order valence-corrected chi connectivity index (χ4v) is 2.27. The normalized spacial score (nSPS) is 12.1. The zero-order valence-corrected chi connectivity index (χ0v) is 10.8. The predicted octanol–water partition coefficient (Wildman–Crippen LogP) is 3.59. The summed E-state index contributed by atoms with van der Waals surface area (Å²) < 4.78 is 5.72. The van der Waals surface area contributed by atoms with Gasteiger partial charge in [0, 0.05) is 17.7 Å². The van der Waals surface area contributed by atoms with Crippen LogP contribution in [0.25, 0.3) is 11.1 Å². The second-order valence-corrected chi connectivity index (χ2v) is 4.56. The maximum absolute atomic E-state index is 11.4. The predicted molar refractivity (Wildman–Crippen MR) is 75.1 cm³/mol. The fraction of sp³-hybridized carbons (Fsp3) is 0.188. The van der Waals surface area contributed by atoms with E-state index in [9.17, 15) is 4.79 Å². The van der Waals surface area contributed by atoms with Crippen LogP contribution in [0.4, 0.5) is 5.69 Å². The molecule has 0 aromatic heterocycles. The number of anilines is 1. The molecule has 96 valence electrons. The molecular formula is C16H15NO2. The van der Waals surface area contributed by atoms with Crippen molar-refractivity contribution in [1.82, 2.24) is 0 Å². The molecule has 3 nitrogen and oxygen atoms in total. The zero-order chi connectivity index (χ0) is 13.2. The van der Waals surface area contributed by atoms with Crippen molar-refractivity contribution >= 4 is 11.6 Å². The van der Waals surface area contributed by atoms with E-state index in [2.05, 4.69) is 11.4 Å². The highest BCUT2D eigenvalue weighted by molar-refractivity contribution is 5.91. The third-order valence-electron chi connectivity index (χ3n) is 3.27. The summed E-state index contributed by atoms with van der Waals surface area (Å²) in [6.45, 7) is 2.38. The number of fused-ring (bicyclic) bond motifs is 3. The Kier molecular flexibility index (Phi) is 2.95. The Morgan fingerprint density at radius 2 is 2.05 bits per heavy atom. The number of rotatable bonds is 2. The maximum Gasteiger partial charge on any atom is 0.224 e. The summed E-state index contributed by atoms with van der Waals surface area (Å²) in [5, 5.41) is 2.87. The lowest BCUT2D eigenvalue weighted by molar-refractivity contribution is -0.115. The van der Waals surface area contributed by atoms with E-state index in [-0.39, 0.29) is 5.91 Å². The molecule has 0 saturated carbocycles. The van der Waals surface area contributed by atoms with Crippen LogP contribution in [0.3, 0.4) is 0 Å². The van der Waals surface area contributed by atoms with Crippen LogP contribution in [-0.2, 0) is 11.4 Å². The molecule has 1 amide bonds. The van der Waals surface area contributed by atoms with Crippen molar-refractivity contribution in [3.05, 3.63) is 48.0 Å². The highest BCUT2D eigenvalue weighted by atomic mass is 16.5. The van der Waals surface area contributed by atoms with Gasteiger partial charge >= 0.3 is 0 Å². The highest BCUT2D eigenvalue weighted by Gasteiger charge is 2.16. The van der Waals surface area contributed by atoms with Gasteiger partial charge in [0.2, 0.25) is 5.91 Å². The van der Waals surface area contributed by atoms with Crippen LogP contribution in [0.1, 0.15) is 18.9 Å². The quantitative estimate of drug-likeness (QED) is 0.888. The van der Waals surface area contributed by atoms with Crippen LogP contribution < -0.4 is 10.1 Å². The van der Waals surface area contributed by atoms with Gasteiger partial charge in [0.25, 0.3) is 0 Å². The van der Waals surface area contributed by atoms with E-state index in [1.165, 1.54) is 5.56 Å². The van der Waals surface area contributed by atoms with Crippen LogP contribution in [0.2, 0.25) is 0 Å². The SMILES string of the molecule is CCC(=O)Nc1ccc2c(c1)COc1ccccc1-2. The molecule has 1 heterocycles. The third-order valence-corrected chi connectivity index (χ3v) is 3.27. The Balaban J connectivity index is 1.98. The fourth-order valence-electron chi connectivity index (χ4n) is 2.27. The first-order valence-corrected chi connectivity index (χ1v) is 6.43. The molecule has 1 N–H and O–H groups in total. The maximum atomic E-state index is 11.4. The smallest absolute Gasteiger partial charge is 0.224 e. The van der Waals surface area contributed by atoms with E-state index in [1.807, 2.05) is 43.3 Å². The molecule has 19 heavy (non-hydrogen) atoms. The summed E-state index contributed by atoms with van der Waals surface area (Å²) in [5.41, 5.74) is 4.22. The minimum atomic E-state index is 0.0251. The third kappa shape index (κ3) is 2.19. The summed E-state index contributed by atoms with van der Waals surface area (Å²) in [6.07, 6.45) is 0.483. The molecule has 0 bridgehead atoms. The van der Waals surface area contributed by atoms with Gasteiger partial charge in [0.1, 0.15) is 12.4 Å². The van der Waals surface area contributed by atoms with Crippen molar-refractivity contribution < 1.29 is 9.53 Å². The summed E-state index contributed by atoms with van der Waals surface area (Å²) in [6, 6.07) is 14.0. The van der Waals surface area contributed by atoms with Gasteiger partial charge in [-0.1, -0.05) is 31.2 Å². The second-order valence-electron chi connectivity index (χ2n) is 4.56. The standard InChI is InChI=1S/C16H15NO2/c1-2-16(18)17-12-7-8-13-11(9-12)10-19-15-6-4-3-5-14(13)15/h3-9H,2,10H2,1H3,(H,17,18). The topological polar surface area (TPSA) is 38.3 Å². The molecular weight excluding hydrogens is 238 g/mol. The number of benzene rings is 2. The molecule has 0 saturated heterocycles. The first-order chi connectivity index (χ1) is 9.28. The van der Waals surface area contributed by atoms with Crippen LogP contribution in [-0.4, -0.2) is 5.91 Å². The summed E-state index contributed by atoms with van der Waals surface area (Å²) in [4.78, 5) is 11.4. The minimum Gasteiger partial charge on any atom is -0.488 e. The van der Waals surface area contributed by atoms with Gasteiger partial charge in [0.05, 0.1) is 0 Å². The average molecular weight is 253 g/mol. The van der Waals surface area contributed by atoms with Crippen LogP contribution in [0.5, 0.6) is 5.75 Å². The summed E-state index contributed by atoms with van der Waals surface area (Å²) in [5.74, 6) is 0.942. The molecule has 1 aliphatic heterocycles. The van der Waals surface area contributed by atoms with Crippen LogP contribution in [0.15, 0.2) is 42.5 Å². The number of amides is 1. The number of carbonyl (C=O) groups excluding carboxylic acids is 1. The minimum absolute atomic E-state index is 0.0251. The first kappa shape index (κ1) is 11.8. The molecule has 0 unspecified atom stereocenters. The summed E-state index contributed by atoms with van der Waals surface area (Å²) in [7, 11) is 0. The Bertz CT molecular complexity index is 634. The highest BCUT2D eigenvalue weighted by Crippen LogP contribution is 2.38. The van der Waals surface area contributed by atoms with Crippen molar-refractivity contribution in [1.29, 1.82) is 0 Å². The number of nitrogens with one attached hydrogen (secondary N) is 1. The van der Waals surface area contributed by atoms with E-state index in [0.29, 0.717) is 13.0 Å². The van der Waals surface area contributed by atoms with Gasteiger partial charge in [-0.3, -0.25) is 4.79 Å². The van der Waals surface area contributed by atoms with Crippen LogP contribution >= 0.6 is 0 Å². The van der Waals surface area contributed by atoms with Crippen molar-refractivity contribution in [2.45, 2.75) is 20.0 Å². The van der Waals surface area contributed by atoms with Crippen molar-refractivity contribution in [2.75, 3.05) is 5.32 Å². The largest absolute Gasteiger partial charge is 0.488 e. The van der Waals surface area contributed by atoms with Gasteiger partial charge in [-0.15, -0.1) is 0 Å². The zero-order valence-electron chi connectivity index (χ0n) is 10.8. The summed E-state index contributed by atoms with van der Waals surface area (Å²) >= 11 is 0. The molecule has 0 spiro atoms. The average Bonchev–Trinajstić information content (AvgIpc) is 2.46. The molecule has 0 radical (unpaired) electrons. The van der Waals surface area contributed by atoms with Gasteiger partial charge in [-0.2, -0.15) is 0 Å². The molecule has 0 fully saturated rings. The Hall–Kier alpha value is -2.29. The molecule has 3 heteroatoms. The molecule has 1 aliphatic rings. The Labute approximate surface area is 112 Å². The number of hydrogen-bond acceptors (Lipinski definition) is 2. The molecule has 0 aliphatic carbocycles. The lowest BCUT2D eigenvalue weighted by Crippen LogP contribution is -2.11. The molecule has 2 aromatic carbocycles.